The standard InChI is InChI=1S/C13H16OS/c1-9(2)14-10(3)13-8-11-6-4-5-7-12(11)15-13/h8H,1,3-7H2,2H3. The summed E-state index contributed by atoms with van der Waals surface area (Å²) in [4.78, 5) is 2.67. The van der Waals surface area contributed by atoms with Crippen molar-refractivity contribution in [2.45, 2.75) is 32.6 Å². The summed E-state index contributed by atoms with van der Waals surface area (Å²) in [6.07, 6.45) is 5.07. The molecule has 1 aliphatic carbocycles. The Bertz CT molecular complexity index is 377. The fourth-order valence-electron chi connectivity index (χ4n) is 1.89. The van der Waals surface area contributed by atoms with Gasteiger partial charge in [-0.3, -0.25) is 0 Å². The van der Waals surface area contributed by atoms with Gasteiger partial charge in [0.25, 0.3) is 0 Å². The molecule has 1 aromatic rings. The van der Waals surface area contributed by atoms with Crippen LogP contribution in [-0.2, 0) is 17.6 Å². The predicted molar refractivity (Wildman–Crippen MR) is 65.9 cm³/mol. The van der Waals surface area contributed by atoms with Gasteiger partial charge in [0.1, 0.15) is 5.76 Å². The van der Waals surface area contributed by atoms with Gasteiger partial charge in [-0.2, -0.15) is 0 Å². The molecule has 0 N–H and O–H groups in total. The van der Waals surface area contributed by atoms with Gasteiger partial charge >= 0.3 is 0 Å². The molecule has 0 unspecified atom stereocenters. The molecule has 0 bridgehead atoms. The highest BCUT2D eigenvalue weighted by atomic mass is 32.1. The van der Waals surface area contributed by atoms with E-state index in [0.717, 1.165) is 10.6 Å². The van der Waals surface area contributed by atoms with Gasteiger partial charge in [-0.05, 0) is 44.2 Å². The van der Waals surface area contributed by atoms with E-state index in [4.69, 9.17) is 4.74 Å². The molecule has 1 aromatic heterocycles. The van der Waals surface area contributed by atoms with Crippen molar-refractivity contribution in [2.24, 2.45) is 0 Å². The van der Waals surface area contributed by atoms with E-state index in [0.29, 0.717) is 5.76 Å². The van der Waals surface area contributed by atoms with Crippen LogP contribution in [0.25, 0.3) is 5.76 Å². The molecular weight excluding hydrogens is 204 g/mol. The van der Waals surface area contributed by atoms with Gasteiger partial charge in [-0.1, -0.05) is 13.2 Å². The maximum absolute atomic E-state index is 5.44. The van der Waals surface area contributed by atoms with E-state index < -0.39 is 0 Å². The number of ether oxygens (including phenoxy) is 1. The molecule has 0 amide bonds. The van der Waals surface area contributed by atoms with Crippen LogP contribution in [0, 0.1) is 0 Å². The van der Waals surface area contributed by atoms with Crippen molar-refractivity contribution in [3.63, 3.8) is 0 Å². The maximum atomic E-state index is 5.44. The Morgan fingerprint density at radius 3 is 2.73 bits per heavy atom. The largest absolute Gasteiger partial charge is 0.462 e. The van der Waals surface area contributed by atoms with Gasteiger partial charge in [0.2, 0.25) is 0 Å². The minimum atomic E-state index is 0.700. The fourth-order valence-corrected chi connectivity index (χ4v) is 3.05. The first-order chi connectivity index (χ1) is 7.16. The molecule has 0 saturated heterocycles. The summed E-state index contributed by atoms with van der Waals surface area (Å²) in [5, 5.41) is 0. The zero-order valence-corrected chi connectivity index (χ0v) is 9.95. The zero-order valence-electron chi connectivity index (χ0n) is 9.14. The van der Waals surface area contributed by atoms with Crippen molar-refractivity contribution < 1.29 is 4.74 Å². The lowest BCUT2D eigenvalue weighted by molar-refractivity contribution is 0.390. The highest BCUT2D eigenvalue weighted by Crippen LogP contribution is 2.33. The Labute approximate surface area is 95.1 Å². The fraction of sp³-hybridized carbons (Fsp3) is 0.385. The molecular formula is C13H16OS. The first kappa shape index (κ1) is 10.5. The molecule has 0 aliphatic heterocycles. The summed E-state index contributed by atoms with van der Waals surface area (Å²) in [6.45, 7) is 9.51. The van der Waals surface area contributed by atoms with Crippen molar-refractivity contribution >= 4 is 17.1 Å². The number of thiophene rings is 1. The van der Waals surface area contributed by atoms with Crippen LogP contribution in [0.1, 0.15) is 35.1 Å². The van der Waals surface area contributed by atoms with E-state index in [1.54, 1.807) is 0 Å². The average molecular weight is 220 g/mol. The predicted octanol–water partition coefficient (Wildman–Crippen LogP) is 4.15. The lowest BCUT2D eigenvalue weighted by Gasteiger charge is -2.08. The smallest absolute Gasteiger partial charge is 0.136 e. The Balaban J connectivity index is 2.18. The summed E-state index contributed by atoms with van der Waals surface area (Å²) in [5.41, 5.74) is 1.49. The van der Waals surface area contributed by atoms with Crippen LogP contribution in [0.15, 0.2) is 25.0 Å². The topological polar surface area (TPSA) is 9.23 Å². The second kappa shape index (κ2) is 4.23. The van der Waals surface area contributed by atoms with E-state index in [2.05, 4.69) is 19.2 Å². The number of fused-ring (bicyclic) bond motifs is 1. The molecule has 1 heterocycles. The van der Waals surface area contributed by atoms with Crippen LogP contribution in [0.5, 0.6) is 0 Å². The molecule has 0 saturated carbocycles. The molecule has 80 valence electrons. The lowest BCUT2D eigenvalue weighted by Crippen LogP contribution is -1.96. The lowest BCUT2D eigenvalue weighted by atomic mass is 9.99. The molecule has 0 aromatic carbocycles. The molecule has 1 aliphatic rings. The molecule has 2 rings (SSSR count). The monoisotopic (exact) mass is 220 g/mol. The third-order valence-electron chi connectivity index (χ3n) is 2.57. The molecule has 15 heavy (non-hydrogen) atoms. The number of allylic oxidation sites excluding steroid dienone is 1. The van der Waals surface area contributed by atoms with Crippen LogP contribution in [0.3, 0.4) is 0 Å². The van der Waals surface area contributed by atoms with Crippen molar-refractivity contribution in [3.8, 4) is 0 Å². The van der Waals surface area contributed by atoms with Gasteiger partial charge < -0.3 is 4.74 Å². The molecule has 0 atom stereocenters. The van der Waals surface area contributed by atoms with Gasteiger partial charge in [-0.25, -0.2) is 0 Å². The average Bonchev–Trinajstić information content (AvgIpc) is 2.59. The molecule has 1 nitrogen and oxygen atoms in total. The molecule has 0 radical (unpaired) electrons. The van der Waals surface area contributed by atoms with Crippen molar-refractivity contribution in [1.82, 2.24) is 0 Å². The first-order valence-corrected chi connectivity index (χ1v) is 6.12. The van der Waals surface area contributed by atoms with E-state index in [1.807, 2.05) is 18.3 Å². The van der Waals surface area contributed by atoms with Gasteiger partial charge in [0.05, 0.1) is 10.6 Å². The SMILES string of the molecule is C=C(C)OC(=C)c1cc2c(s1)CCCC2. The van der Waals surface area contributed by atoms with Crippen LogP contribution < -0.4 is 0 Å². The van der Waals surface area contributed by atoms with E-state index in [-0.39, 0.29) is 0 Å². The van der Waals surface area contributed by atoms with Gasteiger partial charge in [0, 0.05) is 4.88 Å². The highest BCUT2D eigenvalue weighted by molar-refractivity contribution is 7.13. The van der Waals surface area contributed by atoms with Crippen molar-refractivity contribution in [1.29, 1.82) is 0 Å². The van der Waals surface area contributed by atoms with Crippen LogP contribution in [0.4, 0.5) is 0 Å². The summed E-state index contributed by atoms with van der Waals surface area (Å²) in [6, 6.07) is 2.23. The summed E-state index contributed by atoms with van der Waals surface area (Å²) in [5.74, 6) is 1.44. The summed E-state index contributed by atoms with van der Waals surface area (Å²) in [7, 11) is 0. The van der Waals surface area contributed by atoms with Gasteiger partial charge in [0.15, 0.2) is 0 Å². The second-order valence-corrected chi connectivity index (χ2v) is 5.13. The first-order valence-electron chi connectivity index (χ1n) is 5.31. The third kappa shape index (κ3) is 2.32. The second-order valence-electron chi connectivity index (χ2n) is 3.99. The maximum Gasteiger partial charge on any atom is 0.136 e. The van der Waals surface area contributed by atoms with E-state index in [1.165, 1.54) is 36.1 Å². The van der Waals surface area contributed by atoms with E-state index in [9.17, 15) is 0 Å². The number of rotatable bonds is 3. The highest BCUT2D eigenvalue weighted by Gasteiger charge is 2.15. The van der Waals surface area contributed by atoms with E-state index >= 15 is 0 Å². The van der Waals surface area contributed by atoms with Crippen molar-refractivity contribution in [3.05, 3.63) is 40.3 Å². The van der Waals surface area contributed by atoms with Crippen LogP contribution in [0.2, 0.25) is 0 Å². The van der Waals surface area contributed by atoms with Crippen molar-refractivity contribution in [2.75, 3.05) is 0 Å². The van der Waals surface area contributed by atoms with Crippen LogP contribution in [-0.4, -0.2) is 0 Å². The molecule has 0 fully saturated rings. The normalized spacial score (nSPS) is 14.5. The quantitative estimate of drug-likeness (QED) is 0.695. The Kier molecular flexibility index (Phi) is 2.96. The molecule has 0 spiro atoms. The number of aryl methyl sites for hydroxylation is 2. The number of hydrogen-bond acceptors (Lipinski definition) is 2. The minimum absolute atomic E-state index is 0.700. The third-order valence-corrected chi connectivity index (χ3v) is 3.85. The minimum Gasteiger partial charge on any atom is -0.462 e. The van der Waals surface area contributed by atoms with Crippen LogP contribution >= 0.6 is 11.3 Å². The Hall–Kier alpha value is -1.02. The van der Waals surface area contributed by atoms with Gasteiger partial charge in [-0.15, -0.1) is 11.3 Å². The summed E-state index contributed by atoms with van der Waals surface area (Å²) >= 11 is 1.82. The molecule has 2 heteroatoms. The Morgan fingerprint density at radius 1 is 1.33 bits per heavy atom. The Morgan fingerprint density at radius 2 is 2.07 bits per heavy atom. The summed E-state index contributed by atoms with van der Waals surface area (Å²) < 4.78 is 5.44. The zero-order chi connectivity index (χ0) is 10.8. The number of hydrogen-bond donors (Lipinski definition) is 0.